The first kappa shape index (κ1) is 12.1. The molecule has 80 valence electrons. The average Bonchev–Trinajstić information content (AvgIpc) is 2.65. The van der Waals surface area contributed by atoms with Crippen molar-refractivity contribution in [2.75, 3.05) is 7.11 Å². The second-order valence-corrected chi connectivity index (χ2v) is 3.61. The maximum absolute atomic E-state index is 5.07. The van der Waals surface area contributed by atoms with Gasteiger partial charge in [0.2, 0.25) is 0 Å². The van der Waals surface area contributed by atoms with Gasteiger partial charge in [-0.25, -0.2) is 4.98 Å². The van der Waals surface area contributed by atoms with Crippen LogP contribution in [0.4, 0.5) is 0 Å². The number of benzene rings is 1. The molecule has 0 aliphatic rings. The molecule has 0 atom stereocenters. The Morgan fingerprint density at radius 2 is 1.93 bits per heavy atom. The van der Waals surface area contributed by atoms with E-state index in [-0.39, 0.29) is 12.4 Å². The van der Waals surface area contributed by atoms with E-state index in [2.05, 4.69) is 25.9 Å². The third-order valence-corrected chi connectivity index (χ3v) is 2.32. The lowest BCUT2D eigenvalue weighted by molar-refractivity contribution is 0.415. The van der Waals surface area contributed by atoms with Gasteiger partial charge in [-0.15, -0.1) is 12.4 Å². The molecular formula is C10H10BrClN2O. The van der Waals surface area contributed by atoms with E-state index >= 15 is 0 Å². The lowest BCUT2D eigenvalue weighted by Gasteiger charge is -2.00. The third kappa shape index (κ3) is 2.73. The number of imidazole rings is 1. The minimum Gasteiger partial charge on any atom is -0.497 e. The standard InChI is InChI=1S/C10H9BrN2O.ClH/c1-14-8-4-2-7(3-5-8)10-12-6-9(11)13-10;/h2-6H,1H3,(H,12,13);1H. The van der Waals surface area contributed by atoms with Crippen LogP contribution in [0, 0.1) is 0 Å². The number of aromatic nitrogens is 2. The Hall–Kier alpha value is -1.00. The number of aromatic amines is 1. The number of halogens is 2. The van der Waals surface area contributed by atoms with Crippen LogP contribution in [-0.2, 0) is 0 Å². The molecule has 0 radical (unpaired) electrons. The van der Waals surface area contributed by atoms with Crippen LogP contribution < -0.4 is 4.74 Å². The van der Waals surface area contributed by atoms with Crippen molar-refractivity contribution in [2.24, 2.45) is 0 Å². The van der Waals surface area contributed by atoms with Crippen LogP contribution in [0.15, 0.2) is 35.1 Å². The molecule has 0 bridgehead atoms. The number of nitrogens with zero attached hydrogens (tertiary/aromatic N) is 1. The summed E-state index contributed by atoms with van der Waals surface area (Å²) in [6, 6.07) is 7.74. The van der Waals surface area contributed by atoms with E-state index < -0.39 is 0 Å². The first-order valence-corrected chi connectivity index (χ1v) is 4.94. The lowest BCUT2D eigenvalue weighted by Crippen LogP contribution is -1.83. The van der Waals surface area contributed by atoms with Gasteiger partial charge in [0.25, 0.3) is 0 Å². The quantitative estimate of drug-likeness (QED) is 0.921. The van der Waals surface area contributed by atoms with E-state index in [0.29, 0.717) is 0 Å². The highest BCUT2D eigenvalue weighted by molar-refractivity contribution is 9.10. The van der Waals surface area contributed by atoms with Gasteiger partial charge in [-0.05, 0) is 40.2 Å². The van der Waals surface area contributed by atoms with Gasteiger partial charge in [0.1, 0.15) is 16.2 Å². The molecule has 0 spiro atoms. The second kappa shape index (κ2) is 5.19. The summed E-state index contributed by atoms with van der Waals surface area (Å²) in [5.41, 5.74) is 1.04. The Morgan fingerprint density at radius 1 is 1.27 bits per heavy atom. The number of H-pyrrole nitrogens is 1. The predicted octanol–water partition coefficient (Wildman–Crippen LogP) is 3.27. The van der Waals surface area contributed by atoms with Crippen molar-refractivity contribution in [3.05, 3.63) is 35.1 Å². The van der Waals surface area contributed by atoms with Crippen LogP contribution >= 0.6 is 28.3 Å². The smallest absolute Gasteiger partial charge is 0.138 e. The van der Waals surface area contributed by atoms with Crippen molar-refractivity contribution in [1.82, 2.24) is 9.97 Å². The highest BCUT2D eigenvalue weighted by Crippen LogP contribution is 2.20. The number of ether oxygens (including phenoxy) is 1. The number of rotatable bonds is 2. The Bertz CT molecular complexity index is 427. The number of hydrogen-bond acceptors (Lipinski definition) is 2. The topological polar surface area (TPSA) is 37.9 Å². The van der Waals surface area contributed by atoms with E-state index in [1.165, 1.54) is 0 Å². The summed E-state index contributed by atoms with van der Waals surface area (Å²) in [4.78, 5) is 7.32. The summed E-state index contributed by atoms with van der Waals surface area (Å²) < 4.78 is 5.88. The summed E-state index contributed by atoms with van der Waals surface area (Å²) in [6.07, 6.45) is 1.81. The van der Waals surface area contributed by atoms with Gasteiger partial charge < -0.3 is 9.72 Å². The van der Waals surface area contributed by atoms with Gasteiger partial charge in [0, 0.05) is 11.8 Å². The SMILES string of the molecule is COc1ccc(-c2nc(Br)c[nH]2)cc1.Cl. The molecule has 1 aromatic heterocycles. The zero-order valence-electron chi connectivity index (χ0n) is 8.03. The first-order valence-electron chi connectivity index (χ1n) is 4.15. The van der Waals surface area contributed by atoms with Crippen molar-refractivity contribution in [3.8, 4) is 17.1 Å². The number of nitrogens with one attached hydrogen (secondary N) is 1. The highest BCUT2D eigenvalue weighted by Gasteiger charge is 2.01. The zero-order valence-corrected chi connectivity index (χ0v) is 10.4. The van der Waals surface area contributed by atoms with E-state index in [1.54, 1.807) is 13.3 Å². The molecule has 1 heterocycles. The highest BCUT2D eigenvalue weighted by atomic mass is 79.9. The summed E-state index contributed by atoms with van der Waals surface area (Å²) in [7, 11) is 1.65. The fraction of sp³-hybridized carbons (Fsp3) is 0.100. The van der Waals surface area contributed by atoms with Crippen LogP contribution in [0.25, 0.3) is 11.4 Å². The zero-order chi connectivity index (χ0) is 9.97. The van der Waals surface area contributed by atoms with Crippen LogP contribution in [0.3, 0.4) is 0 Å². The van der Waals surface area contributed by atoms with Crippen LogP contribution in [0.5, 0.6) is 5.75 Å². The van der Waals surface area contributed by atoms with Crippen molar-refractivity contribution < 1.29 is 4.74 Å². The van der Waals surface area contributed by atoms with Crippen molar-refractivity contribution in [2.45, 2.75) is 0 Å². The predicted molar refractivity (Wildman–Crippen MR) is 65.5 cm³/mol. The molecule has 3 nitrogen and oxygen atoms in total. The van der Waals surface area contributed by atoms with Crippen LogP contribution in [0.1, 0.15) is 0 Å². The van der Waals surface area contributed by atoms with Gasteiger partial charge in [-0.3, -0.25) is 0 Å². The van der Waals surface area contributed by atoms with Crippen LogP contribution in [-0.4, -0.2) is 17.1 Å². The Kier molecular flexibility index (Phi) is 4.17. The molecule has 0 aliphatic heterocycles. The minimum absolute atomic E-state index is 0. The summed E-state index contributed by atoms with van der Waals surface area (Å²) in [6.45, 7) is 0. The van der Waals surface area contributed by atoms with Gasteiger partial charge in [0.15, 0.2) is 0 Å². The second-order valence-electron chi connectivity index (χ2n) is 2.80. The first-order chi connectivity index (χ1) is 6.79. The van der Waals surface area contributed by atoms with Crippen LogP contribution in [0.2, 0.25) is 0 Å². The maximum Gasteiger partial charge on any atom is 0.138 e. The van der Waals surface area contributed by atoms with E-state index in [4.69, 9.17) is 4.74 Å². The molecule has 1 N–H and O–H groups in total. The fourth-order valence-electron chi connectivity index (χ4n) is 1.20. The van der Waals surface area contributed by atoms with E-state index in [0.717, 1.165) is 21.7 Å². The molecule has 0 saturated heterocycles. The Balaban J connectivity index is 0.00000112. The normalized spacial score (nSPS) is 9.47. The maximum atomic E-state index is 5.07. The lowest BCUT2D eigenvalue weighted by atomic mass is 10.2. The van der Waals surface area contributed by atoms with Gasteiger partial charge in [0.05, 0.1) is 7.11 Å². The molecule has 5 heteroatoms. The summed E-state index contributed by atoms with van der Waals surface area (Å²) in [5.74, 6) is 1.69. The van der Waals surface area contributed by atoms with E-state index in [9.17, 15) is 0 Å². The molecule has 1 aromatic carbocycles. The van der Waals surface area contributed by atoms with Gasteiger partial charge in [-0.1, -0.05) is 0 Å². The van der Waals surface area contributed by atoms with Crippen molar-refractivity contribution >= 4 is 28.3 Å². The summed E-state index contributed by atoms with van der Waals surface area (Å²) in [5, 5.41) is 0. The van der Waals surface area contributed by atoms with E-state index in [1.807, 2.05) is 24.3 Å². The molecular weight excluding hydrogens is 279 g/mol. The summed E-state index contributed by atoms with van der Waals surface area (Å²) >= 11 is 3.29. The van der Waals surface area contributed by atoms with Crippen molar-refractivity contribution in [3.63, 3.8) is 0 Å². The third-order valence-electron chi connectivity index (χ3n) is 1.91. The van der Waals surface area contributed by atoms with Gasteiger partial charge in [-0.2, -0.15) is 0 Å². The average molecular weight is 290 g/mol. The molecule has 2 aromatic rings. The molecule has 0 saturated carbocycles. The number of hydrogen-bond donors (Lipinski definition) is 1. The monoisotopic (exact) mass is 288 g/mol. The molecule has 15 heavy (non-hydrogen) atoms. The fourth-order valence-corrected chi connectivity index (χ4v) is 1.49. The van der Waals surface area contributed by atoms with Gasteiger partial charge >= 0.3 is 0 Å². The molecule has 0 amide bonds. The molecule has 0 aliphatic carbocycles. The Labute approximate surface area is 102 Å². The number of methoxy groups -OCH3 is 1. The van der Waals surface area contributed by atoms with Crippen molar-refractivity contribution in [1.29, 1.82) is 0 Å². The molecule has 0 unspecified atom stereocenters. The minimum atomic E-state index is 0. The molecule has 2 rings (SSSR count). The largest absolute Gasteiger partial charge is 0.497 e. The Morgan fingerprint density at radius 3 is 2.40 bits per heavy atom. The molecule has 0 fully saturated rings.